The molecule has 11 nitrogen and oxygen atoms in total. The van der Waals surface area contributed by atoms with Crippen molar-refractivity contribution in [1.82, 2.24) is 0 Å². The van der Waals surface area contributed by atoms with Crippen molar-refractivity contribution < 1.29 is 53.0 Å². The Balaban J connectivity index is 1.66. The molecular weight excluding hydrogens is 536 g/mol. The van der Waals surface area contributed by atoms with Gasteiger partial charge in [-0.1, -0.05) is 36.4 Å². The number of benzene rings is 1. The molecule has 1 aromatic carbocycles. The minimum absolute atomic E-state index is 0.160. The molecule has 3 fully saturated rings. The molecule has 3 heterocycles. The zero-order valence-corrected chi connectivity index (χ0v) is 23.5. The van der Waals surface area contributed by atoms with E-state index in [1.807, 2.05) is 30.3 Å². The second-order valence-corrected chi connectivity index (χ2v) is 10.9. The number of ether oxygens (including phenoxy) is 6. The Hall–Kier alpha value is -2.83. The summed E-state index contributed by atoms with van der Waals surface area (Å²) in [5.74, 6) is -4.27. The van der Waals surface area contributed by atoms with Gasteiger partial charge in [0, 0.05) is 33.3 Å². The molecule has 1 aromatic rings. The zero-order chi connectivity index (χ0) is 29.6. The van der Waals surface area contributed by atoms with Gasteiger partial charge in [0.05, 0.1) is 18.8 Å². The molecule has 2 N–H and O–H groups in total. The highest BCUT2D eigenvalue weighted by molar-refractivity contribution is 5.68. The number of carboxylic acid groups (broad SMARTS) is 2. The summed E-state index contributed by atoms with van der Waals surface area (Å²) in [6, 6.07) is 9.55. The fourth-order valence-electron chi connectivity index (χ4n) is 6.20. The van der Waals surface area contributed by atoms with Gasteiger partial charge in [0.25, 0.3) is 0 Å². The van der Waals surface area contributed by atoms with Gasteiger partial charge in [-0.15, -0.1) is 6.58 Å². The van der Waals surface area contributed by atoms with Crippen molar-refractivity contribution in [1.29, 1.82) is 0 Å². The van der Waals surface area contributed by atoms with E-state index in [9.17, 15) is 24.6 Å². The third-order valence-electron chi connectivity index (χ3n) is 8.05. The van der Waals surface area contributed by atoms with Crippen LogP contribution < -0.4 is 0 Å². The van der Waals surface area contributed by atoms with Crippen molar-refractivity contribution in [3.05, 3.63) is 48.6 Å². The molecule has 3 saturated heterocycles. The molecule has 0 aliphatic carbocycles. The van der Waals surface area contributed by atoms with Crippen LogP contribution in [-0.2, 0) is 49.4 Å². The molecule has 3 aliphatic rings. The van der Waals surface area contributed by atoms with E-state index < -0.39 is 66.2 Å². The van der Waals surface area contributed by atoms with E-state index in [4.69, 9.17) is 28.4 Å². The van der Waals surface area contributed by atoms with E-state index in [0.717, 1.165) is 5.56 Å². The molecule has 0 radical (unpaired) electrons. The maximum atomic E-state index is 12.3. The van der Waals surface area contributed by atoms with Crippen LogP contribution in [0.15, 0.2) is 43.0 Å². The van der Waals surface area contributed by atoms with Crippen LogP contribution in [0.3, 0.4) is 0 Å². The lowest BCUT2D eigenvalue weighted by atomic mass is 9.84. The van der Waals surface area contributed by atoms with Crippen molar-refractivity contribution in [3.63, 3.8) is 0 Å². The summed E-state index contributed by atoms with van der Waals surface area (Å²) in [5, 5.41) is 18.8. The Morgan fingerprint density at radius 1 is 1.12 bits per heavy atom. The van der Waals surface area contributed by atoms with Gasteiger partial charge in [0.15, 0.2) is 18.0 Å². The SMILES string of the molecule is C=CCC1CCC2(OC)O[C@@H]3[C@@H](O[C@H](CC(CCC(=O)O)CC(=O)O)[C@@H]3OCc3ccccc3)[C@H](OC(C)=O)[C@H]2O1. The molecule has 226 valence electrons. The van der Waals surface area contributed by atoms with Crippen molar-refractivity contribution in [2.24, 2.45) is 5.92 Å². The first-order valence-electron chi connectivity index (χ1n) is 14.1. The highest BCUT2D eigenvalue weighted by Crippen LogP contribution is 2.48. The molecule has 0 aromatic heterocycles. The Morgan fingerprint density at radius 2 is 1.88 bits per heavy atom. The molecule has 0 amide bonds. The van der Waals surface area contributed by atoms with Gasteiger partial charge >= 0.3 is 17.9 Å². The number of hydrogen-bond donors (Lipinski definition) is 2. The predicted molar refractivity (Wildman–Crippen MR) is 144 cm³/mol. The largest absolute Gasteiger partial charge is 0.481 e. The maximum absolute atomic E-state index is 12.3. The third-order valence-corrected chi connectivity index (χ3v) is 8.05. The molecule has 9 atom stereocenters. The van der Waals surface area contributed by atoms with Gasteiger partial charge in [-0.25, -0.2) is 0 Å². The van der Waals surface area contributed by atoms with E-state index >= 15 is 0 Å². The van der Waals surface area contributed by atoms with Crippen LogP contribution in [0.4, 0.5) is 0 Å². The van der Waals surface area contributed by atoms with Gasteiger partial charge in [0.2, 0.25) is 0 Å². The highest BCUT2D eigenvalue weighted by atomic mass is 16.8. The number of carbonyl (C=O) groups excluding carboxylic acids is 1. The van der Waals surface area contributed by atoms with Crippen LogP contribution in [-0.4, -0.2) is 83.7 Å². The summed E-state index contributed by atoms with van der Waals surface area (Å²) in [4.78, 5) is 35.2. The second-order valence-electron chi connectivity index (χ2n) is 10.9. The second kappa shape index (κ2) is 13.9. The van der Waals surface area contributed by atoms with E-state index in [1.54, 1.807) is 6.08 Å². The number of aliphatic carboxylic acids is 2. The van der Waals surface area contributed by atoms with Crippen molar-refractivity contribution in [2.75, 3.05) is 7.11 Å². The molecule has 0 saturated carbocycles. The van der Waals surface area contributed by atoms with E-state index in [2.05, 4.69) is 6.58 Å². The summed E-state index contributed by atoms with van der Waals surface area (Å²) in [5.41, 5.74) is 0.919. The summed E-state index contributed by atoms with van der Waals surface area (Å²) < 4.78 is 37.8. The van der Waals surface area contributed by atoms with Crippen LogP contribution in [0.1, 0.15) is 57.4 Å². The number of carbonyl (C=O) groups is 3. The first-order chi connectivity index (χ1) is 19.7. The van der Waals surface area contributed by atoms with Gasteiger partial charge in [-0.3, -0.25) is 14.4 Å². The van der Waals surface area contributed by atoms with Crippen molar-refractivity contribution >= 4 is 17.9 Å². The van der Waals surface area contributed by atoms with Crippen LogP contribution >= 0.6 is 0 Å². The number of fused-ring (bicyclic) bond motifs is 2. The third kappa shape index (κ3) is 7.52. The first kappa shape index (κ1) is 31.1. The topological polar surface area (TPSA) is 147 Å². The number of methoxy groups -OCH3 is 1. The molecule has 3 unspecified atom stereocenters. The zero-order valence-electron chi connectivity index (χ0n) is 23.5. The normalized spacial score (nSPS) is 33.3. The number of esters is 1. The summed E-state index contributed by atoms with van der Waals surface area (Å²) in [7, 11) is 1.53. The van der Waals surface area contributed by atoms with Crippen LogP contribution in [0, 0.1) is 5.92 Å². The van der Waals surface area contributed by atoms with Crippen LogP contribution in [0.5, 0.6) is 0 Å². The van der Waals surface area contributed by atoms with Crippen LogP contribution in [0.25, 0.3) is 0 Å². The van der Waals surface area contributed by atoms with Gasteiger partial charge in [0.1, 0.15) is 18.3 Å². The Kier molecular flexibility index (Phi) is 10.5. The number of rotatable bonds is 14. The number of hydrogen-bond acceptors (Lipinski definition) is 9. The maximum Gasteiger partial charge on any atom is 0.303 e. The molecule has 0 bridgehead atoms. The molecular formula is C30H40O11. The van der Waals surface area contributed by atoms with E-state index in [0.29, 0.717) is 19.3 Å². The summed E-state index contributed by atoms with van der Waals surface area (Å²) in [6.07, 6.45) is -1.24. The first-order valence-corrected chi connectivity index (χ1v) is 14.1. The van der Waals surface area contributed by atoms with E-state index in [-0.39, 0.29) is 38.4 Å². The molecule has 11 heteroatoms. The Bertz CT molecular complexity index is 1060. The monoisotopic (exact) mass is 576 g/mol. The van der Waals surface area contributed by atoms with Gasteiger partial charge < -0.3 is 38.6 Å². The van der Waals surface area contributed by atoms with Crippen molar-refractivity contribution in [3.8, 4) is 0 Å². The fourth-order valence-corrected chi connectivity index (χ4v) is 6.20. The quantitative estimate of drug-likeness (QED) is 0.248. The van der Waals surface area contributed by atoms with E-state index in [1.165, 1.54) is 14.0 Å². The smallest absolute Gasteiger partial charge is 0.303 e. The minimum Gasteiger partial charge on any atom is -0.481 e. The lowest BCUT2D eigenvalue weighted by Gasteiger charge is -2.53. The number of carboxylic acids is 2. The standard InChI is InChI=1S/C30H40O11/c1-4-8-21-13-14-30(36-3)29(39-21)28(38-18(2)31)26-27(41-30)25(37-17-19-9-6-5-7-10-19)22(40-26)15-20(16-24(34)35)11-12-23(32)33/h4-7,9-10,20-22,25-29H,1,8,11-17H2,2-3H3,(H,32,33)(H,34,35)/t20?,21?,22-,25+,26-,27+,28+,29-,30?/m1/s1. The lowest BCUT2D eigenvalue weighted by molar-refractivity contribution is -0.382. The van der Waals surface area contributed by atoms with Gasteiger partial charge in [-0.2, -0.15) is 0 Å². The predicted octanol–water partition coefficient (Wildman–Crippen LogP) is 3.48. The van der Waals surface area contributed by atoms with Crippen molar-refractivity contribution in [2.45, 2.75) is 107 Å². The summed E-state index contributed by atoms with van der Waals surface area (Å²) >= 11 is 0. The molecule has 3 aliphatic heterocycles. The van der Waals surface area contributed by atoms with Crippen LogP contribution in [0.2, 0.25) is 0 Å². The lowest BCUT2D eigenvalue weighted by Crippen LogP contribution is -2.69. The average molecular weight is 577 g/mol. The molecule has 41 heavy (non-hydrogen) atoms. The summed E-state index contributed by atoms with van der Waals surface area (Å²) in [6.45, 7) is 5.35. The minimum atomic E-state index is -1.23. The highest BCUT2D eigenvalue weighted by Gasteiger charge is 2.65. The fraction of sp³-hybridized carbons (Fsp3) is 0.633. The molecule has 0 spiro atoms. The van der Waals surface area contributed by atoms with Gasteiger partial charge in [-0.05, 0) is 37.2 Å². The Morgan fingerprint density at radius 3 is 2.51 bits per heavy atom. The molecule has 4 rings (SSSR count). The average Bonchev–Trinajstić information content (AvgIpc) is 3.27. The Labute approximate surface area is 239 Å².